The molecule has 3 nitrogen and oxygen atoms in total. The van der Waals surface area contributed by atoms with Gasteiger partial charge in [-0.05, 0) is 19.0 Å². The number of nitrogens with zero attached hydrogens (tertiary/aromatic N) is 1. The highest BCUT2D eigenvalue weighted by atomic mass is 16.3. The predicted octanol–water partition coefficient (Wildman–Crippen LogP) is 1.69. The lowest BCUT2D eigenvalue weighted by molar-refractivity contribution is 0.189. The van der Waals surface area contributed by atoms with Crippen LogP contribution in [0.3, 0.4) is 0 Å². The first-order valence-electron chi connectivity index (χ1n) is 5.06. The van der Waals surface area contributed by atoms with Gasteiger partial charge in [0.25, 0.3) is 0 Å². The maximum atomic E-state index is 5.74. The molecule has 14 heavy (non-hydrogen) atoms. The van der Waals surface area contributed by atoms with Gasteiger partial charge in [0.1, 0.15) is 0 Å². The van der Waals surface area contributed by atoms with Gasteiger partial charge >= 0.3 is 0 Å². The van der Waals surface area contributed by atoms with Crippen LogP contribution >= 0.6 is 0 Å². The molecule has 1 aromatic rings. The molecule has 0 aliphatic carbocycles. The van der Waals surface area contributed by atoms with Crippen LogP contribution in [0.1, 0.15) is 19.4 Å². The molecule has 0 radical (unpaired) electrons. The van der Waals surface area contributed by atoms with Crippen LogP contribution in [0.5, 0.6) is 0 Å². The average molecular weight is 196 g/mol. The van der Waals surface area contributed by atoms with Crippen molar-refractivity contribution in [3.63, 3.8) is 0 Å². The van der Waals surface area contributed by atoms with Crippen LogP contribution in [0.15, 0.2) is 23.0 Å². The molecule has 0 aliphatic heterocycles. The van der Waals surface area contributed by atoms with Crippen molar-refractivity contribution < 1.29 is 4.42 Å². The van der Waals surface area contributed by atoms with Crippen LogP contribution in [0.4, 0.5) is 0 Å². The Bertz CT molecular complexity index is 244. The normalized spacial score (nSPS) is 13.9. The van der Waals surface area contributed by atoms with E-state index in [2.05, 4.69) is 25.8 Å². The Morgan fingerprint density at radius 2 is 2.21 bits per heavy atom. The first-order chi connectivity index (χ1) is 6.65. The maximum absolute atomic E-state index is 5.74. The largest absolute Gasteiger partial charge is 0.472 e. The van der Waals surface area contributed by atoms with Crippen molar-refractivity contribution in [2.75, 3.05) is 13.6 Å². The summed E-state index contributed by atoms with van der Waals surface area (Å²) in [6.45, 7) is 6.00. The molecule has 2 N–H and O–H groups in total. The van der Waals surface area contributed by atoms with E-state index in [9.17, 15) is 0 Å². The lowest BCUT2D eigenvalue weighted by atomic mass is 10.0. The van der Waals surface area contributed by atoms with E-state index in [0.717, 1.165) is 6.54 Å². The van der Waals surface area contributed by atoms with Crippen LogP contribution < -0.4 is 5.73 Å². The molecule has 0 aliphatic rings. The van der Waals surface area contributed by atoms with E-state index in [1.54, 1.807) is 12.5 Å². The first kappa shape index (κ1) is 11.3. The highest BCUT2D eigenvalue weighted by Crippen LogP contribution is 2.12. The van der Waals surface area contributed by atoms with Crippen molar-refractivity contribution in [1.29, 1.82) is 0 Å². The second-order valence-corrected chi connectivity index (χ2v) is 4.09. The molecule has 0 saturated heterocycles. The number of rotatable bonds is 5. The molecule has 0 bridgehead atoms. The second kappa shape index (κ2) is 5.17. The molecule has 80 valence electrons. The Labute approximate surface area is 85.9 Å². The zero-order valence-electron chi connectivity index (χ0n) is 9.23. The van der Waals surface area contributed by atoms with Crippen molar-refractivity contribution in [3.05, 3.63) is 24.2 Å². The molecule has 0 saturated carbocycles. The fourth-order valence-electron chi connectivity index (χ4n) is 1.75. The zero-order valence-corrected chi connectivity index (χ0v) is 9.23. The third-order valence-corrected chi connectivity index (χ3v) is 2.59. The van der Waals surface area contributed by atoms with Crippen LogP contribution in [0, 0.1) is 5.92 Å². The number of furan rings is 1. The smallest absolute Gasteiger partial charge is 0.0947 e. The minimum atomic E-state index is 0.435. The molecule has 0 aromatic carbocycles. The summed E-state index contributed by atoms with van der Waals surface area (Å²) in [5.74, 6) is 0.580. The highest BCUT2D eigenvalue weighted by Gasteiger charge is 2.16. The van der Waals surface area contributed by atoms with Crippen molar-refractivity contribution in [1.82, 2.24) is 4.90 Å². The molecule has 1 heterocycles. The lowest BCUT2D eigenvalue weighted by Crippen LogP contribution is -2.41. The SMILES string of the molecule is CC(C)C(CN)N(C)Cc1ccoc1. The topological polar surface area (TPSA) is 42.4 Å². The van der Waals surface area contributed by atoms with E-state index in [4.69, 9.17) is 10.2 Å². The summed E-state index contributed by atoms with van der Waals surface area (Å²) in [5, 5.41) is 0. The molecule has 1 aromatic heterocycles. The summed E-state index contributed by atoms with van der Waals surface area (Å²) >= 11 is 0. The van der Waals surface area contributed by atoms with Gasteiger partial charge in [-0.15, -0.1) is 0 Å². The van der Waals surface area contributed by atoms with Gasteiger partial charge in [0.15, 0.2) is 0 Å². The molecular weight excluding hydrogens is 176 g/mol. The molecule has 1 atom stereocenters. The monoisotopic (exact) mass is 196 g/mol. The van der Waals surface area contributed by atoms with Gasteiger partial charge in [-0.25, -0.2) is 0 Å². The van der Waals surface area contributed by atoms with Crippen molar-refractivity contribution in [3.8, 4) is 0 Å². The maximum Gasteiger partial charge on any atom is 0.0947 e. The average Bonchev–Trinajstić information content (AvgIpc) is 2.57. The summed E-state index contributed by atoms with van der Waals surface area (Å²) in [6.07, 6.45) is 3.49. The molecule has 1 rings (SSSR count). The Morgan fingerprint density at radius 1 is 1.50 bits per heavy atom. The minimum absolute atomic E-state index is 0.435. The van der Waals surface area contributed by atoms with Crippen molar-refractivity contribution >= 4 is 0 Å². The van der Waals surface area contributed by atoms with E-state index in [1.807, 2.05) is 6.07 Å². The molecule has 0 fully saturated rings. The third-order valence-electron chi connectivity index (χ3n) is 2.59. The van der Waals surface area contributed by atoms with Crippen molar-refractivity contribution in [2.45, 2.75) is 26.4 Å². The number of nitrogens with two attached hydrogens (primary N) is 1. The minimum Gasteiger partial charge on any atom is -0.472 e. The Hall–Kier alpha value is -0.800. The Morgan fingerprint density at radius 3 is 2.64 bits per heavy atom. The van der Waals surface area contributed by atoms with Crippen LogP contribution in [0.2, 0.25) is 0 Å². The van der Waals surface area contributed by atoms with Gasteiger partial charge in [-0.3, -0.25) is 4.90 Å². The quantitative estimate of drug-likeness (QED) is 0.779. The van der Waals surface area contributed by atoms with Crippen LogP contribution in [-0.4, -0.2) is 24.5 Å². The van der Waals surface area contributed by atoms with Gasteiger partial charge in [-0.2, -0.15) is 0 Å². The molecular formula is C11H20N2O. The summed E-state index contributed by atoms with van der Waals surface area (Å²) in [4.78, 5) is 2.27. The predicted molar refractivity (Wildman–Crippen MR) is 57.9 cm³/mol. The van der Waals surface area contributed by atoms with E-state index in [1.165, 1.54) is 5.56 Å². The zero-order chi connectivity index (χ0) is 10.6. The van der Waals surface area contributed by atoms with Gasteiger partial charge in [0.05, 0.1) is 12.5 Å². The summed E-state index contributed by atoms with van der Waals surface area (Å²) in [5.41, 5.74) is 6.94. The standard InChI is InChI=1S/C11H20N2O/c1-9(2)11(6-12)13(3)7-10-4-5-14-8-10/h4-5,8-9,11H,6-7,12H2,1-3H3. The van der Waals surface area contributed by atoms with Crippen molar-refractivity contribution in [2.24, 2.45) is 11.7 Å². The Kier molecular flexibility index (Phi) is 4.17. The third kappa shape index (κ3) is 2.86. The Balaban J connectivity index is 2.51. The van der Waals surface area contributed by atoms with E-state index in [-0.39, 0.29) is 0 Å². The van der Waals surface area contributed by atoms with E-state index < -0.39 is 0 Å². The summed E-state index contributed by atoms with van der Waals surface area (Å²) < 4.78 is 5.03. The van der Waals surface area contributed by atoms with Gasteiger partial charge in [0, 0.05) is 24.7 Å². The van der Waals surface area contributed by atoms with E-state index in [0.29, 0.717) is 18.5 Å². The van der Waals surface area contributed by atoms with Crippen LogP contribution in [-0.2, 0) is 6.54 Å². The summed E-state index contributed by atoms with van der Waals surface area (Å²) in [6, 6.07) is 2.43. The van der Waals surface area contributed by atoms with Crippen LogP contribution in [0.25, 0.3) is 0 Å². The molecule has 0 spiro atoms. The number of hydrogen-bond donors (Lipinski definition) is 1. The van der Waals surface area contributed by atoms with Gasteiger partial charge in [-0.1, -0.05) is 13.8 Å². The number of hydrogen-bond acceptors (Lipinski definition) is 3. The van der Waals surface area contributed by atoms with Gasteiger partial charge in [0.2, 0.25) is 0 Å². The first-order valence-corrected chi connectivity index (χ1v) is 5.06. The molecule has 3 heteroatoms. The summed E-state index contributed by atoms with van der Waals surface area (Å²) in [7, 11) is 2.10. The molecule has 0 amide bonds. The van der Waals surface area contributed by atoms with E-state index >= 15 is 0 Å². The fraction of sp³-hybridized carbons (Fsp3) is 0.636. The second-order valence-electron chi connectivity index (χ2n) is 4.09. The number of likely N-dealkylation sites (N-methyl/N-ethyl adjacent to an activating group) is 1. The highest BCUT2D eigenvalue weighted by molar-refractivity contribution is 5.05. The van der Waals surface area contributed by atoms with Gasteiger partial charge < -0.3 is 10.2 Å². The lowest BCUT2D eigenvalue weighted by Gasteiger charge is -2.29. The molecule has 1 unspecified atom stereocenters. The fourth-order valence-corrected chi connectivity index (χ4v) is 1.75.